The van der Waals surface area contributed by atoms with Crippen LogP contribution in [0.1, 0.15) is 48.9 Å². The van der Waals surface area contributed by atoms with Crippen LogP contribution in [-0.2, 0) is 19.3 Å². The van der Waals surface area contributed by atoms with Crippen LogP contribution in [0.4, 0.5) is 5.69 Å². The van der Waals surface area contributed by atoms with E-state index in [1.165, 1.54) is 22.3 Å². The van der Waals surface area contributed by atoms with Crippen LogP contribution in [0.25, 0.3) is 0 Å². The molecule has 0 saturated carbocycles. The van der Waals surface area contributed by atoms with E-state index < -0.39 is 0 Å². The van der Waals surface area contributed by atoms with Crippen LogP contribution in [0.3, 0.4) is 0 Å². The van der Waals surface area contributed by atoms with Crippen molar-refractivity contribution in [3.05, 3.63) is 64.7 Å². The molecule has 0 spiro atoms. The summed E-state index contributed by atoms with van der Waals surface area (Å²) in [6, 6.07) is 14.9. The molecule has 2 aromatic carbocycles. The summed E-state index contributed by atoms with van der Waals surface area (Å²) in [4.78, 5) is 0. The van der Waals surface area contributed by atoms with E-state index in [4.69, 9.17) is 5.73 Å². The standard InChI is InChI=1S/C22H31NO/c1-4-18-7-5-8-19(14-18)9-6-10-22(24)17(3)13-20-11-16(2)12-21(23)15-20/h5,7-8,11-12,14-15,17,22,24H,4,6,9-10,13,23H2,1-3H3/t17-,22+/m0/s1. The molecule has 0 aliphatic rings. The van der Waals surface area contributed by atoms with E-state index in [0.717, 1.165) is 37.8 Å². The molecule has 24 heavy (non-hydrogen) atoms. The molecule has 0 radical (unpaired) electrons. The van der Waals surface area contributed by atoms with Gasteiger partial charge in [-0.1, -0.05) is 44.2 Å². The lowest BCUT2D eigenvalue weighted by molar-refractivity contribution is 0.105. The SMILES string of the molecule is CCc1cccc(CCC[C@@H](O)[C@@H](C)Cc2cc(C)cc(N)c2)c1. The van der Waals surface area contributed by atoms with Crippen LogP contribution in [-0.4, -0.2) is 11.2 Å². The number of hydrogen-bond donors (Lipinski definition) is 2. The first-order valence-corrected chi connectivity index (χ1v) is 9.10. The number of rotatable bonds is 8. The highest BCUT2D eigenvalue weighted by molar-refractivity contribution is 5.44. The van der Waals surface area contributed by atoms with Gasteiger partial charge in [-0.3, -0.25) is 0 Å². The van der Waals surface area contributed by atoms with Crippen LogP contribution in [0.15, 0.2) is 42.5 Å². The maximum Gasteiger partial charge on any atom is 0.0569 e. The third-order valence-electron chi connectivity index (χ3n) is 4.74. The van der Waals surface area contributed by atoms with Gasteiger partial charge in [0, 0.05) is 5.69 Å². The number of anilines is 1. The molecule has 0 bridgehead atoms. The Morgan fingerprint density at radius 3 is 2.50 bits per heavy atom. The molecule has 0 fully saturated rings. The summed E-state index contributed by atoms with van der Waals surface area (Å²) in [6.07, 6.45) is 4.59. The molecule has 0 unspecified atom stereocenters. The smallest absolute Gasteiger partial charge is 0.0569 e. The first-order valence-electron chi connectivity index (χ1n) is 9.10. The Hall–Kier alpha value is -1.80. The van der Waals surface area contributed by atoms with Crippen LogP contribution in [0, 0.1) is 12.8 Å². The molecule has 2 rings (SSSR count). The minimum atomic E-state index is -0.263. The third kappa shape index (κ3) is 5.68. The lowest BCUT2D eigenvalue weighted by Crippen LogP contribution is -2.20. The summed E-state index contributed by atoms with van der Waals surface area (Å²) >= 11 is 0. The van der Waals surface area contributed by atoms with E-state index in [9.17, 15) is 5.11 Å². The van der Waals surface area contributed by atoms with E-state index in [0.29, 0.717) is 0 Å². The second kappa shape index (κ2) is 8.89. The van der Waals surface area contributed by atoms with Crippen molar-refractivity contribution in [2.75, 3.05) is 5.73 Å². The fourth-order valence-corrected chi connectivity index (χ4v) is 3.32. The number of nitrogens with two attached hydrogens (primary N) is 1. The maximum absolute atomic E-state index is 10.5. The first-order chi connectivity index (χ1) is 11.5. The molecular weight excluding hydrogens is 294 g/mol. The predicted octanol–water partition coefficient (Wildman–Crippen LogP) is 4.70. The highest BCUT2D eigenvalue weighted by atomic mass is 16.3. The second-order valence-electron chi connectivity index (χ2n) is 7.07. The molecule has 2 aromatic rings. The Morgan fingerprint density at radius 2 is 1.79 bits per heavy atom. The summed E-state index contributed by atoms with van der Waals surface area (Å²) in [6.45, 7) is 6.37. The molecule has 2 heteroatoms. The fourth-order valence-electron chi connectivity index (χ4n) is 3.32. The van der Waals surface area contributed by atoms with E-state index in [1.54, 1.807) is 0 Å². The highest BCUT2D eigenvalue weighted by Gasteiger charge is 2.15. The molecule has 3 N–H and O–H groups in total. The molecule has 0 saturated heterocycles. The average Bonchev–Trinajstić information content (AvgIpc) is 2.54. The normalized spacial score (nSPS) is 13.7. The molecule has 0 aliphatic carbocycles. The predicted molar refractivity (Wildman–Crippen MR) is 103 cm³/mol. The zero-order chi connectivity index (χ0) is 17.5. The third-order valence-corrected chi connectivity index (χ3v) is 4.74. The number of benzene rings is 2. The van der Waals surface area contributed by atoms with Crippen molar-refractivity contribution in [3.63, 3.8) is 0 Å². The molecule has 2 atom stereocenters. The van der Waals surface area contributed by atoms with Gasteiger partial charge in [0.05, 0.1) is 6.10 Å². The summed E-state index contributed by atoms with van der Waals surface area (Å²) in [5, 5.41) is 10.5. The molecule has 130 valence electrons. The largest absolute Gasteiger partial charge is 0.399 e. The van der Waals surface area contributed by atoms with Crippen molar-refractivity contribution in [1.82, 2.24) is 0 Å². The molecule has 0 amide bonds. The minimum absolute atomic E-state index is 0.244. The molecule has 2 nitrogen and oxygen atoms in total. The summed E-state index contributed by atoms with van der Waals surface area (Å²) in [7, 11) is 0. The lowest BCUT2D eigenvalue weighted by Gasteiger charge is -2.19. The number of nitrogen functional groups attached to an aromatic ring is 1. The van der Waals surface area contributed by atoms with E-state index in [1.807, 2.05) is 12.1 Å². The van der Waals surface area contributed by atoms with Gasteiger partial charge in [-0.2, -0.15) is 0 Å². The average molecular weight is 325 g/mol. The summed E-state index contributed by atoms with van der Waals surface area (Å²) in [5.41, 5.74) is 11.9. The summed E-state index contributed by atoms with van der Waals surface area (Å²) < 4.78 is 0. The van der Waals surface area contributed by atoms with Gasteiger partial charge in [0.1, 0.15) is 0 Å². The second-order valence-corrected chi connectivity index (χ2v) is 7.07. The van der Waals surface area contributed by atoms with Crippen molar-refractivity contribution in [1.29, 1.82) is 0 Å². The van der Waals surface area contributed by atoms with Gasteiger partial charge in [-0.25, -0.2) is 0 Å². The van der Waals surface area contributed by atoms with Gasteiger partial charge in [0.2, 0.25) is 0 Å². The van der Waals surface area contributed by atoms with Crippen molar-refractivity contribution < 1.29 is 5.11 Å². The molecule has 0 aromatic heterocycles. The van der Waals surface area contributed by atoms with Crippen LogP contribution in [0.5, 0.6) is 0 Å². The minimum Gasteiger partial charge on any atom is -0.399 e. The molecule has 0 heterocycles. The Bertz CT molecular complexity index is 630. The monoisotopic (exact) mass is 325 g/mol. The number of hydrogen-bond acceptors (Lipinski definition) is 2. The Kier molecular flexibility index (Phi) is 6.86. The Balaban J connectivity index is 1.81. The van der Waals surface area contributed by atoms with Gasteiger partial charge in [-0.05, 0) is 79.3 Å². The van der Waals surface area contributed by atoms with Crippen molar-refractivity contribution in [2.45, 2.75) is 59.0 Å². The summed E-state index contributed by atoms with van der Waals surface area (Å²) in [5.74, 6) is 0.244. The quantitative estimate of drug-likeness (QED) is 0.691. The lowest BCUT2D eigenvalue weighted by atomic mass is 9.91. The topological polar surface area (TPSA) is 46.2 Å². The molecular formula is C22H31NO. The number of aliphatic hydroxyl groups is 1. The Labute approximate surface area is 146 Å². The van der Waals surface area contributed by atoms with Gasteiger partial charge < -0.3 is 10.8 Å². The van der Waals surface area contributed by atoms with E-state index in [2.05, 4.69) is 51.1 Å². The fraction of sp³-hybridized carbons (Fsp3) is 0.455. The zero-order valence-corrected chi connectivity index (χ0v) is 15.3. The zero-order valence-electron chi connectivity index (χ0n) is 15.3. The highest BCUT2D eigenvalue weighted by Crippen LogP contribution is 2.20. The van der Waals surface area contributed by atoms with Crippen LogP contribution in [0.2, 0.25) is 0 Å². The first kappa shape index (κ1) is 18.5. The van der Waals surface area contributed by atoms with E-state index in [-0.39, 0.29) is 12.0 Å². The van der Waals surface area contributed by atoms with E-state index >= 15 is 0 Å². The van der Waals surface area contributed by atoms with Gasteiger partial charge >= 0.3 is 0 Å². The Morgan fingerprint density at radius 1 is 1.04 bits per heavy atom. The van der Waals surface area contributed by atoms with Crippen molar-refractivity contribution in [2.24, 2.45) is 5.92 Å². The van der Waals surface area contributed by atoms with Crippen LogP contribution >= 0.6 is 0 Å². The number of aryl methyl sites for hydroxylation is 3. The van der Waals surface area contributed by atoms with Gasteiger partial charge in [0.15, 0.2) is 0 Å². The van der Waals surface area contributed by atoms with Gasteiger partial charge in [0.25, 0.3) is 0 Å². The van der Waals surface area contributed by atoms with Crippen LogP contribution < -0.4 is 5.73 Å². The number of aliphatic hydroxyl groups excluding tert-OH is 1. The van der Waals surface area contributed by atoms with Gasteiger partial charge in [-0.15, -0.1) is 0 Å². The maximum atomic E-state index is 10.5. The molecule has 0 aliphatic heterocycles. The van der Waals surface area contributed by atoms with Crippen molar-refractivity contribution >= 4 is 5.69 Å². The van der Waals surface area contributed by atoms with Crippen molar-refractivity contribution in [3.8, 4) is 0 Å².